The molecule has 0 saturated heterocycles. The molecular weight excluding hydrogens is 248 g/mol. The van der Waals surface area contributed by atoms with E-state index in [0.717, 1.165) is 23.3 Å². The molecule has 0 bridgehead atoms. The monoisotopic (exact) mass is 262 g/mol. The smallest absolute Gasteiger partial charge is 0.136 e. The molecule has 80 valence electrons. The molecule has 1 heterocycles. The van der Waals surface area contributed by atoms with Crippen LogP contribution in [0.2, 0.25) is 0 Å². The Labute approximate surface area is 91.9 Å². The van der Waals surface area contributed by atoms with Gasteiger partial charge in [0.1, 0.15) is 5.76 Å². The van der Waals surface area contributed by atoms with Crippen molar-refractivity contribution in [3.8, 4) is 0 Å². The normalized spacial score (nSPS) is 13.1. The third kappa shape index (κ3) is 3.09. The molecule has 4 nitrogen and oxygen atoms in total. The summed E-state index contributed by atoms with van der Waals surface area (Å²) in [7, 11) is 0. The molecule has 1 atom stereocenters. The van der Waals surface area contributed by atoms with E-state index >= 15 is 0 Å². The van der Waals surface area contributed by atoms with Gasteiger partial charge in [-0.25, -0.2) is 5.43 Å². The summed E-state index contributed by atoms with van der Waals surface area (Å²) in [5.41, 5.74) is 2.70. The lowest BCUT2D eigenvalue weighted by atomic mass is 10.2. The zero-order valence-electron chi connectivity index (χ0n) is 8.13. The second-order valence-electron chi connectivity index (χ2n) is 2.84. The summed E-state index contributed by atoms with van der Waals surface area (Å²) in [6, 6.07) is 1.84. The van der Waals surface area contributed by atoms with Gasteiger partial charge >= 0.3 is 0 Å². The number of furan rings is 1. The Kier molecular flexibility index (Phi) is 5.17. The highest BCUT2D eigenvalue weighted by atomic mass is 79.9. The van der Waals surface area contributed by atoms with E-state index in [0.29, 0.717) is 6.61 Å². The number of hydrogen-bond donors (Lipinski definition) is 2. The molecule has 3 N–H and O–H groups in total. The summed E-state index contributed by atoms with van der Waals surface area (Å²) >= 11 is 3.39. The van der Waals surface area contributed by atoms with Crippen LogP contribution in [0.4, 0.5) is 0 Å². The summed E-state index contributed by atoms with van der Waals surface area (Å²) in [6.07, 6.45) is 2.42. The van der Waals surface area contributed by atoms with Crippen LogP contribution < -0.4 is 11.3 Å². The van der Waals surface area contributed by atoms with Crippen LogP contribution in [0.3, 0.4) is 0 Å². The Morgan fingerprint density at radius 1 is 1.71 bits per heavy atom. The van der Waals surface area contributed by atoms with Crippen molar-refractivity contribution in [3.05, 3.63) is 22.6 Å². The summed E-state index contributed by atoms with van der Waals surface area (Å²) in [4.78, 5) is 0. The fourth-order valence-corrected chi connectivity index (χ4v) is 1.67. The van der Waals surface area contributed by atoms with Gasteiger partial charge in [0.2, 0.25) is 0 Å². The van der Waals surface area contributed by atoms with Crippen molar-refractivity contribution in [2.45, 2.75) is 19.4 Å². The minimum absolute atomic E-state index is 0.00840. The average molecular weight is 263 g/mol. The van der Waals surface area contributed by atoms with Crippen molar-refractivity contribution in [2.75, 3.05) is 13.2 Å². The van der Waals surface area contributed by atoms with E-state index in [9.17, 15) is 0 Å². The number of rotatable bonds is 6. The molecule has 0 spiro atoms. The maximum absolute atomic E-state index is 5.43. The van der Waals surface area contributed by atoms with Gasteiger partial charge in [-0.15, -0.1) is 0 Å². The minimum atomic E-state index is -0.00840. The molecule has 0 saturated carbocycles. The summed E-state index contributed by atoms with van der Waals surface area (Å²) < 4.78 is 11.5. The number of nitrogens with two attached hydrogens (primary N) is 1. The van der Waals surface area contributed by atoms with Crippen molar-refractivity contribution in [1.82, 2.24) is 5.43 Å². The van der Waals surface area contributed by atoms with Gasteiger partial charge in [0.05, 0.1) is 16.8 Å². The number of hydrazine groups is 1. The predicted molar refractivity (Wildman–Crippen MR) is 57.6 cm³/mol. The van der Waals surface area contributed by atoms with Gasteiger partial charge in [0, 0.05) is 13.2 Å². The zero-order chi connectivity index (χ0) is 10.4. The maximum Gasteiger partial charge on any atom is 0.136 e. The Morgan fingerprint density at radius 3 is 3.00 bits per heavy atom. The van der Waals surface area contributed by atoms with Crippen LogP contribution in [0.1, 0.15) is 25.1 Å². The van der Waals surface area contributed by atoms with Crippen molar-refractivity contribution < 1.29 is 9.15 Å². The molecule has 14 heavy (non-hydrogen) atoms. The van der Waals surface area contributed by atoms with Crippen LogP contribution in [0.15, 0.2) is 21.2 Å². The van der Waals surface area contributed by atoms with Crippen LogP contribution in [0.25, 0.3) is 0 Å². The molecule has 1 unspecified atom stereocenters. The highest BCUT2D eigenvalue weighted by molar-refractivity contribution is 9.10. The fourth-order valence-electron chi connectivity index (χ4n) is 1.19. The number of halogens is 1. The zero-order valence-corrected chi connectivity index (χ0v) is 9.71. The molecule has 0 aliphatic heterocycles. The van der Waals surface area contributed by atoms with Crippen molar-refractivity contribution in [3.63, 3.8) is 0 Å². The lowest BCUT2D eigenvalue weighted by molar-refractivity contribution is 0.133. The molecule has 0 aliphatic rings. The fraction of sp³-hybridized carbons (Fsp3) is 0.556. The van der Waals surface area contributed by atoms with Crippen LogP contribution in [0, 0.1) is 0 Å². The molecule has 5 heteroatoms. The average Bonchev–Trinajstić information content (AvgIpc) is 2.60. The lowest BCUT2D eigenvalue weighted by Gasteiger charge is -2.13. The molecule has 0 amide bonds. The molecule has 0 fully saturated rings. The Bertz CT molecular complexity index is 265. The van der Waals surface area contributed by atoms with E-state index < -0.39 is 0 Å². The first-order valence-electron chi connectivity index (χ1n) is 4.56. The molecule has 0 aliphatic carbocycles. The summed E-state index contributed by atoms with van der Waals surface area (Å²) in [5.74, 6) is 6.24. The predicted octanol–water partition coefficient (Wildman–Crippen LogP) is 1.97. The topological polar surface area (TPSA) is 60.4 Å². The number of ether oxygens (including phenoxy) is 1. The van der Waals surface area contributed by atoms with Gasteiger partial charge in [-0.3, -0.25) is 5.84 Å². The largest absolute Gasteiger partial charge is 0.466 e. The van der Waals surface area contributed by atoms with Crippen LogP contribution in [-0.4, -0.2) is 13.2 Å². The third-order valence-electron chi connectivity index (χ3n) is 1.92. The van der Waals surface area contributed by atoms with Gasteiger partial charge in [0.25, 0.3) is 0 Å². The van der Waals surface area contributed by atoms with Gasteiger partial charge in [-0.1, -0.05) is 0 Å². The Hall–Kier alpha value is -0.360. The quantitative estimate of drug-likeness (QED) is 0.468. The first-order valence-corrected chi connectivity index (χ1v) is 5.35. The SMILES string of the molecule is CCOCCC(NN)c1occc1Br. The third-order valence-corrected chi connectivity index (χ3v) is 2.57. The van der Waals surface area contributed by atoms with Crippen molar-refractivity contribution in [1.29, 1.82) is 0 Å². The van der Waals surface area contributed by atoms with Crippen LogP contribution in [0.5, 0.6) is 0 Å². The van der Waals surface area contributed by atoms with E-state index in [1.54, 1.807) is 6.26 Å². The first kappa shape index (κ1) is 11.7. The molecule has 1 aromatic rings. The standard InChI is InChI=1S/C9H15BrN2O2/c1-2-13-5-4-8(12-11)9-7(10)3-6-14-9/h3,6,8,12H,2,4-5,11H2,1H3. The lowest BCUT2D eigenvalue weighted by Crippen LogP contribution is -2.28. The summed E-state index contributed by atoms with van der Waals surface area (Å²) in [5, 5.41) is 0. The molecule has 1 aromatic heterocycles. The molecular formula is C9H15BrN2O2. The highest BCUT2D eigenvalue weighted by Gasteiger charge is 2.15. The second-order valence-corrected chi connectivity index (χ2v) is 3.69. The maximum atomic E-state index is 5.43. The highest BCUT2D eigenvalue weighted by Crippen LogP contribution is 2.25. The Balaban J connectivity index is 2.50. The van der Waals surface area contributed by atoms with Crippen molar-refractivity contribution >= 4 is 15.9 Å². The molecule has 0 radical (unpaired) electrons. The van der Waals surface area contributed by atoms with E-state index in [1.165, 1.54) is 0 Å². The molecule has 0 aromatic carbocycles. The van der Waals surface area contributed by atoms with Gasteiger partial charge in [0.15, 0.2) is 0 Å². The van der Waals surface area contributed by atoms with Crippen LogP contribution >= 0.6 is 15.9 Å². The number of nitrogens with one attached hydrogen (secondary N) is 1. The first-order chi connectivity index (χ1) is 6.79. The van der Waals surface area contributed by atoms with Crippen LogP contribution in [-0.2, 0) is 4.74 Å². The summed E-state index contributed by atoms with van der Waals surface area (Å²) in [6.45, 7) is 3.35. The van der Waals surface area contributed by atoms with Gasteiger partial charge in [-0.2, -0.15) is 0 Å². The van der Waals surface area contributed by atoms with Gasteiger partial charge < -0.3 is 9.15 Å². The second kappa shape index (κ2) is 6.19. The minimum Gasteiger partial charge on any atom is -0.466 e. The Morgan fingerprint density at radius 2 is 2.50 bits per heavy atom. The van der Waals surface area contributed by atoms with Crippen molar-refractivity contribution in [2.24, 2.45) is 5.84 Å². The van der Waals surface area contributed by atoms with E-state index in [4.69, 9.17) is 15.0 Å². The molecule has 1 rings (SSSR count). The van der Waals surface area contributed by atoms with E-state index in [2.05, 4.69) is 21.4 Å². The van der Waals surface area contributed by atoms with E-state index in [-0.39, 0.29) is 6.04 Å². The van der Waals surface area contributed by atoms with E-state index in [1.807, 2.05) is 13.0 Å². The van der Waals surface area contributed by atoms with Gasteiger partial charge in [-0.05, 0) is 35.3 Å². The number of hydrogen-bond acceptors (Lipinski definition) is 4.